The van der Waals surface area contributed by atoms with Gasteiger partial charge in [-0.3, -0.25) is 4.79 Å². The molecule has 0 saturated heterocycles. The number of carbonyl (C=O) groups excluding carboxylic acids is 1. The molecule has 1 saturated carbocycles. The highest BCUT2D eigenvalue weighted by Gasteiger charge is 2.45. The molecule has 1 fully saturated rings. The van der Waals surface area contributed by atoms with Gasteiger partial charge in [0.1, 0.15) is 5.82 Å². The summed E-state index contributed by atoms with van der Waals surface area (Å²) in [7, 11) is 0. The standard InChI is InChI=1S/C11H10F2O/c12-9-3-1-8(2-4-9)11(5-6-11)7-10(13)14/h1-4H,5-7H2. The molecule has 0 unspecified atom stereocenters. The molecule has 0 spiro atoms. The number of rotatable bonds is 3. The van der Waals surface area contributed by atoms with Gasteiger partial charge in [0.05, 0.1) is 0 Å². The molecule has 0 aliphatic heterocycles. The van der Waals surface area contributed by atoms with E-state index >= 15 is 0 Å². The third-order valence-electron chi connectivity index (χ3n) is 2.79. The fraction of sp³-hybridized carbons (Fsp3) is 0.364. The summed E-state index contributed by atoms with van der Waals surface area (Å²) in [5.74, 6) is -0.309. The van der Waals surface area contributed by atoms with Crippen molar-refractivity contribution < 1.29 is 13.6 Å². The Labute approximate surface area is 80.7 Å². The quantitative estimate of drug-likeness (QED) is 0.679. The van der Waals surface area contributed by atoms with Crippen LogP contribution in [0, 0.1) is 5.82 Å². The largest absolute Gasteiger partial charge is 0.302 e. The minimum atomic E-state index is -1.29. The molecule has 0 N–H and O–H groups in total. The number of hydrogen-bond acceptors (Lipinski definition) is 1. The minimum absolute atomic E-state index is 0.0708. The van der Waals surface area contributed by atoms with Gasteiger partial charge < -0.3 is 0 Å². The first kappa shape index (κ1) is 9.31. The zero-order valence-corrected chi connectivity index (χ0v) is 7.59. The highest BCUT2D eigenvalue weighted by Crippen LogP contribution is 2.51. The second-order valence-electron chi connectivity index (χ2n) is 3.82. The third-order valence-corrected chi connectivity index (χ3v) is 2.79. The normalized spacial score (nSPS) is 17.9. The monoisotopic (exact) mass is 196 g/mol. The molecule has 0 heterocycles. The Morgan fingerprint density at radius 1 is 1.29 bits per heavy atom. The molecule has 1 aromatic rings. The van der Waals surface area contributed by atoms with Crippen molar-refractivity contribution in [2.45, 2.75) is 24.7 Å². The van der Waals surface area contributed by atoms with Crippen LogP contribution in [0.15, 0.2) is 24.3 Å². The lowest BCUT2D eigenvalue weighted by Crippen LogP contribution is -2.10. The number of benzene rings is 1. The van der Waals surface area contributed by atoms with Crippen LogP contribution in [0.25, 0.3) is 0 Å². The highest BCUT2D eigenvalue weighted by molar-refractivity contribution is 5.71. The molecule has 14 heavy (non-hydrogen) atoms. The first-order valence-corrected chi connectivity index (χ1v) is 4.57. The van der Waals surface area contributed by atoms with Crippen LogP contribution < -0.4 is 0 Å². The van der Waals surface area contributed by atoms with Crippen molar-refractivity contribution in [1.29, 1.82) is 0 Å². The van der Waals surface area contributed by atoms with Gasteiger partial charge in [-0.1, -0.05) is 12.1 Å². The second kappa shape index (κ2) is 3.15. The summed E-state index contributed by atoms with van der Waals surface area (Å²) in [5, 5.41) is 0. The summed E-state index contributed by atoms with van der Waals surface area (Å²) in [6.45, 7) is 0. The molecule has 0 atom stereocenters. The van der Waals surface area contributed by atoms with Gasteiger partial charge in [0.2, 0.25) is 0 Å². The van der Waals surface area contributed by atoms with Crippen LogP contribution in [0.5, 0.6) is 0 Å². The number of halogens is 2. The molecule has 3 heteroatoms. The Balaban J connectivity index is 2.22. The van der Waals surface area contributed by atoms with Gasteiger partial charge in [0.15, 0.2) is 0 Å². The second-order valence-corrected chi connectivity index (χ2v) is 3.82. The van der Waals surface area contributed by atoms with Gasteiger partial charge >= 0.3 is 6.04 Å². The molecule has 1 aliphatic carbocycles. The summed E-state index contributed by atoms with van der Waals surface area (Å²) in [4.78, 5) is 10.4. The van der Waals surface area contributed by atoms with E-state index in [2.05, 4.69) is 0 Å². The van der Waals surface area contributed by atoms with Crippen LogP contribution in [-0.2, 0) is 10.2 Å². The van der Waals surface area contributed by atoms with Crippen LogP contribution in [-0.4, -0.2) is 6.04 Å². The van der Waals surface area contributed by atoms with Crippen LogP contribution in [0.4, 0.5) is 8.78 Å². The first-order valence-electron chi connectivity index (χ1n) is 4.57. The summed E-state index contributed by atoms with van der Waals surface area (Å²) < 4.78 is 24.9. The molecule has 74 valence electrons. The maximum atomic E-state index is 12.6. The molecule has 0 radical (unpaired) electrons. The van der Waals surface area contributed by atoms with Gasteiger partial charge in [-0.2, -0.15) is 4.39 Å². The Morgan fingerprint density at radius 3 is 2.29 bits per heavy atom. The fourth-order valence-corrected chi connectivity index (χ4v) is 1.79. The lowest BCUT2D eigenvalue weighted by Gasteiger charge is -2.11. The summed E-state index contributed by atoms with van der Waals surface area (Å²) >= 11 is 0. The van der Waals surface area contributed by atoms with E-state index in [-0.39, 0.29) is 17.7 Å². The average Bonchev–Trinajstić information content (AvgIpc) is 2.85. The molecule has 0 aromatic heterocycles. The molecule has 1 aromatic carbocycles. The van der Waals surface area contributed by atoms with E-state index in [1.807, 2.05) is 0 Å². The molecule has 2 rings (SSSR count). The zero-order chi connectivity index (χ0) is 10.2. The zero-order valence-electron chi connectivity index (χ0n) is 7.59. The van der Waals surface area contributed by atoms with Gasteiger partial charge in [-0.25, -0.2) is 4.39 Å². The molecular weight excluding hydrogens is 186 g/mol. The number of hydrogen-bond donors (Lipinski definition) is 0. The maximum Gasteiger partial charge on any atom is 0.302 e. The lowest BCUT2D eigenvalue weighted by atomic mass is 9.93. The smallest absolute Gasteiger partial charge is 0.261 e. The highest BCUT2D eigenvalue weighted by atomic mass is 19.1. The first-order chi connectivity index (χ1) is 6.62. The van der Waals surface area contributed by atoms with E-state index in [4.69, 9.17) is 0 Å². The van der Waals surface area contributed by atoms with Crippen molar-refractivity contribution >= 4 is 6.04 Å². The predicted molar refractivity (Wildman–Crippen MR) is 48.0 cm³/mol. The Bertz CT molecular complexity index is 352. The molecule has 1 nitrogen and oxygen atoms in total. The van der Waals surface area contributed by atoms with Crippen molar-refractivity contribution in [3.05, 3.63) is 35.6 Å². The summed E-state index contributed by atoms with van der Waals surface area (Å²) in [5.41, 5.74) is 0.532. The summed E-state index contributed by atoms with van der Waals surface area (Å²) in [6.07, 6.45) is 1.56. The third kappa shape index (κ3) is 1.67. The fourth-order valence-electron chi connectivity index (χ4n) is 1.79. The Kier molecular flexibility index (Phi) is 2.10. The van der Waals surface area contributed by atoms with E-state index in [9.17, 15) is 13.6 Å². The van der Waals surface area contributed by atoms with Crippen LogP contribution >= 0.6 is 0 Å². The van der Waals surface area contributed by atoms with Crippen LogP contribution in [0.2, 0.25) is 0 Å². The van der Waals surface area contributed by atoms with Crippen molar-refractivity contribution in [3.8, 4) is 0 Å². The minimum Gasteiger partial charge on any atom is -0.261 e. The van der Waals surface area contributed by atoms with Crippen molar-refractivity contribution in [2.24, 2.45) is 0 Å². The molecule has 1 aliphatic rings. The molecular formula is C11H10F2O. The van der Waals surface area contributed by atoms with E-state index in [1.54, 1.807) is 12.1 Å². The molecule has 0 bridgehead atoms. The Hall–Kier alpha value is -1.25. The van der Waals surface area contributed by atoms with E-state index in [0.29, 0.717) is 0 Å². The van der Waals surface area contributed by atoms with Gasteiger partial charge in [-0.05, 0) is 30.5 Å². The van der Waals surface area contributed by atoms with Crippen molar-refractivity contribution in [1.82, 2.24) is 0 Å². The topological polar surface area (TPSA) is 17.1 Å². The maximum absolute atomic E-state index is 12.6. The number of carbonyl (C=O) groups is 1. The Morgan fingerprint density at radius 2 is 1.86 bits per heavy atom. The summed E-state index contributed by atoms with van der Waals surface area (Å²) in [6, 6.07) is 4.67. The predicted octanol–water partition coefficient (Wildman–Crippen LogP) is 2.74. The van der Waals surface area contributed by atoms with E-state index in [1.165, 1.54) is 12.1 Å². The van der Waals surface area contributed by atoms with Gasteiger partial charge in [0.25, 0.3) is 0 Å². The van der Waals surface area contributed by atoms with Crippen molar-refractivity contribution in [2.75, 3.05) is 0 Å². The lowest BCUT2D eigenvalue weighted by molar-refractivity contribution is -0.129. The molecule has 0 amide bonds. The van der Waals surface area contributed by atoms with Crippen LogP contribution in [0.3, 0.4) is 0 Å². The average molecular weight is 196 g/mol. The SMILES string of the molecule is O=C(F)CC1(c2ccc(F)cc2)CC1. The van der Waals surface area contributed by atoms with Crippen LogP contribution in [0.1, 0.15) is 24.8 Å². The van der Waals surface area contributed by atoms with Gasteiger partial charge in [0, 0.05) is 11.8 Å². The van der Waals surface area contributed by atoms with E-state index in [0.717, 1.165) is 18.4 Å². The van der Waals surface area contributed by atoms with Gasteiger partial charge in [-0.15, -0.1) is 0 Å². The van der Waals surface area contributed by atoms with E-state index < -0.39 is 6.04 Å². The van der Waals surface area contributed by atoms with Crippen molar-refractivity contribution in [3.63, 3.8) is 0 Å².